The van der Waals surface area contributed by atoms with Crippen molar-refractivity contribution in [3.8, 4) is 0 Å². The number of rotatable bonds is 3. The van der Waals surface area contributed by atoms with Crippen molar-refractivity contribution in [2.45, 2.75) is 30.9 Å². The van der Waals surface area contributed by atoms with Gasteiger partial charge in [-0.05, 0) is 46.6 Å². The molecule has 1 aromatic rings. The minimum absolute atomic E-state index is 0.00984. The average Bonchev–Trinajstić information content (AvgIpc) is 2.50. The molecule has 78 valence electrons. The normalized spacial score (nSPS) is 21.6. The second-order valence-electron chi connectivity index (χ2n) is 3.73. The Morgan fingerprint density at radius 1 is 1.64 bits per heavy atom. The molecule has 0 saturated heterocycles. The second-order valence-corrected chi connectivity index (χ2v) is 5.53. The van der Waals surface area contributed by atoms with Crippen LogP contribution in [0.1, 0.15) is 30.2 Å². The molecule has 1 aliphatic rings. The third-order valence-electron chi connectivity index (χ3n) is 3.10. The SMILES string of the molecule is COC1(C(N)c2sccc2Br)CCC1. The molecule has 0 bridgehead atoms. The van der Waals surface area contributed by atoms with Gasteiger partial charge in [0.25, 0.3) is 0 Å². The molecule has 1 aliphatic carbocycles. The summed E-state index contributed by atoms with van der Waals surface area (Å²) in [5.74, 6) is 0. The fraction of sp³-hybridized carbons (Fsp3) is 0.600. The number of methoxy groups -OCH3 is 1. The lowest BCUT2D eigenvalue weighted by Gasteiger charge is -2.44. The first-order valence-electron chi connectivity index (χ1n) is 4.73. The highest BCUT2D eigenvalue weighted by atomic mass is 79.9. The zero-order valence-corrected chi connectivity index (χ0v) is 10.5. The molecule has 1 aromatic heterocycles. The van der Waals surface area contributed by atoms with Crippen LogP contribution in [0.3, 0.4) is 0 Å². The molecule has 0 spiro atoms. The highest BCUT2D eigenvalue weighted by molar-refractivity contribution is 9.10. The van der Waals surface area contributed by atoms with Gasteiger partial charge >= 0.3 is 0 Å². The lowest BCUT2D eigenvalue weighted by molar-refractivity contribution is -0.0905. The first kappa shape index (κ1) is 10.6. The van der Waals surface area contributed by atoms with Crippen molar-refractivity contribution < 1.29 is 4.74 Å². The van der Waals surface area contributed by atoms with E-state index in [9.17, 15) is 0 Å². The highest BCUT2D eigenvalue weighted by Crippen LogP contribution is 2.46. The van der Waals surface area contributed by atoms with Gasteiger partial charge in [-0.1, -0.05) is 0 Å². The van der Waals surface area contributed by atoms with Crippen LogP contribution in [0, 0.1) is 0 Å². The molecule has 1 saturated carbocycles. The molecule has 0 aromatic carbocycles. The van der Waals surface area contributed by atoms with Gasteiger partial charge in [-0.15, -0.1) is 11.3 Å². The van der Waals surface area contributed by atoms with Crippen molar-refractivity contribution >= 4 is 27.3 Å². The van der Waals surface area contributed by atoms with Crippen LogP contribution in [0.5, 0.6) is 0 Å². The van der Waals surface area contributed by atoms with Gasteiger partial charge in [0, 0.05) is 16.5 Å². The molecule has 1 fully saturated rings. The summed E-state index contributed by atoms with van der Waals surface area (Å²) in [7, 11) is 1.76. The summed E-state index contributed by atoms with van der Waals surface area (Å²) in [6, 6.07) is 2.05. The Hall–Kier alpha value is 0.100. The fourth-order valence-corrected chi connectivity index (χ4v) is 3.66. The maximum Gasteiger partial charge on any atom is 0.0878 e. The molecule has 1 unspecified atom stereocenters. The summed E-state index contributed by atoms with van der Waals surface area (Å²) in [5.41, 5.74) is 6.14. The van der Waals surface area contributed by atoms with E-state index in [0.29, 0.717) is 0 Å². The number of ether oxygens (including phenoxy) is 1. The Balaban J connectivity index is 2.22. The number of hydrogen-bond acceptors (Lipinski definition) is 3. The highest BCUT2D eigenvalue weighted by Gasteiger charge is 2.44. The summed E-state index contributed by atoms with van der Waals surface area (Å²) in [6.45, 7) is 0. The number of nitrogens with two attached hydrogens (primary N) is 1. The van der Waals surface area contributed by atoms with Crippen LogP contribution in [-0.4, -0.2) is 12.7 Å². The molecular formula is C10H14BrNOS. The standard InChI is InChI=1S/C10H14BrNOS/c1-13-10(4-2-5-10)9(12)8-7(11)3-6-14-8/h3,6,9H,2,4-5,12H2,1H3. The molecular weight excluding hydrogens is 262 g/mol. The molecule has 2 nitrogen and oxygen atoms in total. The van der Waals surface area contributed by atoms with E-state index >= 15 is 0 Å². The Labute approximate surface area is 96.6 Å². The van der Waals surface area contributed by atoms with E-state index in [2.05, 4.69) is 21.3 Å². The summed E-state index contributed by atoms with van der Waals surface area (Å²) in [6.07, 6.45) is 3.38. The fourth-order valence-electron chi connectivity index (χ4n) is 1.93. The van der Waals surface area contributed by atoms with Crippen LogP contribution in [0.4, 0.5) is 0 Å². The van der Waals surface area contributed by atoms with Gasteiger partial charge in [0.2, 0.25) is 0 Å². The van der Waals surface area contributed by atoms with Crippen LogP contribution in [-0.2, 0) is 4.74 Å². The number of halogens is 1. The van der Waals surface area contributed by atoms with E-state index in [0.717, 1.165) is 17.3 Å². The van der Waals surface area contributed by atoms with E-state index in [1.807, 2.05) is 6.07 Å². The van der Waals surface area contributed by atoms with Crippen LogP contribution in [0.2, 0.25) is 0 Å². The van der Waals surface area contributed by atoms with Gasteiger partial charge in [0.05, 0.1) is 11.6 Å². The smallest absolute Gasteiger partial charge is 0.0878 e. The van der Waals surface area contributed by atoms with E-state index < -0.39 is 0 Å². The van der Waals surface area contributed by atoms with E-state index in [-0.39, 0.29) is 11.6 Å². The van der Waals surface area contributed by atoms with Crippen molar-refractivity contribution in [2.75, 3.05) is 7.11 Å². The van der Waals surface area contributed by atoms with Gasteiger partial charge in [0.15, 0.2) is 0 Å². The van der Waals surface area contributed by atoms with Crippen LogP contribution in [0.15, 0.2) is 15.9 Å². The monoisotopic (exact) mass is 275 g/mol. The molecule has 2 N–H and O–H groups in total. The van der Waals surface area contributed by atoms with Gasteiger partial charge in [-0.25, -0.2) is 0 Å². The molecule has 0 amide bonds. The Bertz CT molecular complexity index is 316. The predicted molar refractivity (Wildman–Crippen MR) is 62.5 cm³/mol. The number of hydrogen-bond donors (Lipinski definition) is 1. The third kappa shape index (κ3) is 1.54. The van der Waals surface area contributed by atoms with Crippen LogP contribution in [0.25, 0.3) is 0 Å². The van der Waals surface area contributed by atoms with E-state index in [1.165, 1.54) is 11.3 Å². The zero-order chi connectivity index (χ0) is 10.2. The molecule has 2 rings (SSSR count). The predicted octanol–water partition coefficient (Wildman–Crippen LogP) is 3.08. The largest absolute Gasteiger partial charge is 0.376 e. The Morgan fingerprint density at radius 3 is 2.71 bits per heavy atom. The van der Waals surface area contributed by atoms with Crippen molar-refractivity contribution in [2.24, 2.45) is 5.73 Å². The topological polar surface area (TPSA) is 35.2 Å². The van der Waals surface area contributed by atoms with Crippen molar-refractivity contribution in [1.29, 1.82) is 0 Å². The molecule has 0 radical (unpaired) electrons. The third-order valence-corrected chi connectivity index (χ3v) is 5.05. The summed E-state index contributed by atoms with van der Waals surface area (Å²) < 4.78 is 6.68. The Kier molecular flexibility index (Phi) is 2.98. The molecule has 1 heterocycles. The van der Waals surface area contributed by atoms with Gasteiger partial charge in [-0.2, -0.15) is 0 Å². The Morgan fingerprint density at radius 2 is 2.36 bits per heavy atom. The first-order chi connectivity index (χ1) is 6.69. The zero-order valence-electron chi connectivity index (χ0n) is 8.13. The quantitative estimate of drug-likeness (QED) is 0.920. The van der Waals surface area contributed by atoms with Gasteiger partial charge in [-0.3, -0.25) is 0 Å². The summed E-state index contributed by atoms with van der Waals surface area (Å²) in [4.78, 5) is 1.20. The van der Waals surface area contributed by atoms with Crippen LogP contribution < -0.4 is 5.73 Å². The lowest BCUT2D eigenvalue weighted by Crippen LogP contribution is -2.48. The molecule has 0 aliphatic heterocycles. The molecule has 1 atom stereocenters. The summed E-state index contributed by atoms with van der Waals surface area (Å²) in [5, 5.41) is 2.06. The minimum Gasteiger partial charge on any atom is -0.376 e. The second kappa shape index (κ2) is 3.93. The van der Waals surface area contributed by atoms with E-state index in [4.69, 9.17) is 10.5 Å². The maximum atomic E-state index is 6.25. The van der Waals surface area contributed by atoms with E-state index in [1.54, 1.807) is 18.4 Å². The lowest BCUT2D eigenvalue weighted by atomic mass is 9.74. The first-order valence-corrected chi connectivity index (χ1v) is 6.40. The van der Waals surface area contributed by atoms with Crippen molar-refractivity contribution in [1.82, 2.24) is 0 Å². The average molecular weight is 276 g/mol. The minimum atomic E-state index is -0.104. The summed E-state index contributed by atoms with van der Waals surface area (Å²) >= 11 is 5.21. The van der Waals surface area contributed by atoms with Gasteiger partial charge < -0.3 is 10.5 Å². The number of thiophene rings is 1. The molecule has 14 heavy (non-hydrogen) atoms. The van der Waals surface area contributed by atoms with Crippen molar-refractivity contribution in [3.63, 3.8) is 0 Å². The van der Waals surface area contributed by atoms with Gasteiger partial charge in [0.1, 0.15) is 0 Å². The molecule has 4 heteroatoms. The van der Waals surface area contributed by atoms with Crippen molar-refractivity contribution in [3.05, 3.63) is 20.8 Å². The maximum absolute atomic E-state index is 6.25. The van der Waals surface area contributed by atoms with Crippen LogP contribution >= 0.6 is 27.3 Å².